The molecule has 8 heteroatoms. The third kappa shape index (κ3) is 6.78. The van der Waals surface area contributed by atoms with E-state index in [1.807, 2.05) is 38.5 Å². The lowest BCUT2D eigenvalue weighted by molar-refractivity contribution is 0.0169. The fraction of sp³-hybridized carbons (Fsp3) is 0.360. The van der Waals surface area contributed by atoms with E-state index in [-0.39, 0.29) is 30.0 Å². The largest absolute Gasteiger partial charge is 0.379 e. The number of guanidine groups is 1. The number of H-pyrrole nitrogens is 1. The number of hydrogen-bond donors (Lipinski definition) is 2. The van der Waals surface area contributed by atoms with Crippen LogP contribution in [0.3, 0.4) is 0 Å². The molecule has 2 N–H and O–H groups in total. The Hall–Kier alpha value is -2.43. The van der Waals surface area contributed by atoms with Gasteiger partial charge in [-0.2, -0.15) is 0 Å². The van der Waals surface area contributed by atoms with Crippen LogP contribution in [0.15, 0.2) is 71.9 Å². The lowest BCUT2D eigenvalue weighted by Crippen LogP contribution is -2.46. The molecule has 7 nitrogen and oxygen atoms in total. The molecule has 0 spiro atoms. The second-order valence-corrected chi connectivity index (χ2v) is 7.97. The Morgan fingerprint density at radius 3 is 2.45 bits per heavy atom. The number of imidazole rings is 1. The first-order valence-electron chi connectivity index (χ1n) is 11.1. The number of aromatic nitrogens is 2. The number of aliphatic imine (C=N–C) groups is 1. The first-order chi connectivity index (χ1) is 15.7. The fourth-order valence-corrected chi connectivity index (χ4v) is 4.10. The zero-order chi connectivity index (χ0) is 22.2. The molecule has 0 amide bonds. The molecule has 1 atom stereocenters. The molecular weight excluding hydrogens is 527 g/mol. The molecule has 33 heavy (non-hydrogen) atoms. The summed E-state index contributed by atoms with van der Waals surface area (Å²) in [6, 6.07) is 21.2. The van der Waals surface area contributed by atoms with Gasteiger partial charge in [-0.1, -0.05) is 60.7 Å². The molecule has 1 fully saturated rings. The minimum Gasteiger partial charge on any atom is -0.379 e. The molecule has 3 aromatic rings. The van der Waals surface area contributed by atoms with Gasteiger partial charge in [0.1, 0.15) is 5.82 Å². The average molecular weight is 560 g/mol. The van der Waals surface area contributed by atoms with Gasteiger partial charge >= 0.3 is 0 Å². The Kier molecular flexibility index (Phi) is 9.71. The first kappa shape index (κ1) is 25.2. The minimum absolute atomic E-state index is 0. The summed E-state index contributed by atoms with van der Waals surface area (Å²) in [5, 5.41) is 3.58. The second kappa shape index (κ2) is 12.7. The highest BCUT2D eigenvalue weighted by molar-refractivity contribution is 14.0. The van der Waals surface area contributed by atoms with Crippen molar-refractivity contribution in [1.29, 1.82) is 0 Å². The van der Waals surface area contributed by atoms with Crippen molar-refractivity contribution in [2.75, 3.05) is 46.9 Å². The van der Waals surface area contributed by atoms with Crippen molar-refractivity contribution in [2.24, 2.45) is 4.99 Å². The average Bonchev–Trinajstić information content (AvgIpc) is 3.32. The van der Waals surface area contributed by atoms with Gasteiger partial charge in [-0.3, -0.25) is 9.89 Å². The Labute approximate surface area is 213 Å². The van der Waals surface area contributed by atoms with Crippen LogP contribution in [0, 0.1) is 0 Å². The molecule has 0 saturated carbocycles. The van der Waals surface area contributed by atoms with E-state index in [4.69, 9.17) is 4.74 Å². The number of hydrogen-bond acceptors (Lipinski definition) is 4. The maximum absolute atomic E-state index is 5.57. The summed E-state index contributed by atoms with van der Waals surface area (Å²) in [4.78, 5) is 17.1. The number of nitrogens with one attached hydrogen (secondary N) is 2. The minimum atomic E-state index is 0. The van der Waals surface area contributed by atoms with Gasteiger partial charge in [0, 0.05) is 33.7 Å². The number of nitrogens with zero attached hydrogens (tertiary/aromatic N) is 4. The first-order valence-corrected chi connectivity index (χ1v) is 11.1. The molecule has 1 aliphatic heterocycles. The molecule has 1 unspecified atom stereocenters. The number of morpholine rings is 1. The highest BCUT2D eigenvalue weighted by Gasteiger charge is 2.23. The number of aromatic amines is 1. The van der Waals surface area contributed by atoms with Crippen LogP contribution >= 0.6 is 24.0 Å². The van der Waals surface area contributed by atoms with Crippen LogP contribution < -0.4 is 5.32 Å². The maximum Gasteiger partial charge on any atom is 0.193 e. The van der Waals surface area contributed by atoms with Crippen LogP contribution in [-0.2, 0) is 11.3 Å². The summed E-state index contributed by atoms with van der Waals surface area (Å²) in [7, 11) is 3.86. The molecule has 0 bridgehead atoms. The molecule has 0 aliphatic carbocycles. The third-order valence-electron chi connectivity index (χ3n) is 5.80. The summed E-state index contributed by atoms with van der Waals surface area (Å²) in [6.07, 6.45) is 1.89. The zero-order valence-corrected chi connectivity index (χ0v) is 21.6. The van der Waals surface area contributed by atoms with Crippen LogP contribution in [-0.4, -0.2) is 72.7 Å². The Morgan fingerprint density at radius 2 is 1.79 bits per heavy atom. The van der Waals surface area contributed by atoms with Gasteiger partial charge < -0.3 is 19.9 Å². The number of ether oxygens (including phenoxy) is 1. The molecule has 1 aromatic heterocycles. The quantitative estimate of drug-likeness (QED) is 0.262. The van der Waals surface area contributed by atoms with E-state index < -0.39 is 0 Å². The highest BCUT2D eigenvalue weighted by atomic mass is 127. The third-order valence-corrected chi connectivity index (χ3v) is 5.80. The van der Waals surface area contributed by atoms with Crippen LogP contribution in [0.1, 0.15) is 17.4 Å². The van der Waals surface area contributed by atoms with Crippen molar-refractivity contribution in [2.45, 2.75) is 12.6 Å². The van der Waals surface area contributed by atoms with Crippen LogP contribution in [0.5, 0.6) is 0 Å². The van der Waals surface area contributed by atoms with Crippen LogP contribution in [0.2, 0.25) is 0 Å². The maximum atomic E-state index is 5.57. The molecule has 2 heterocycles. The monoisotopic (exact) mass is 560 g/mol. The van der Waals surface area contributed by atoms with Gasteiger partial charge in [0.25, 0.3) is 0 Å². The normalized spacial score (nSPS) is 15.5. The van der Waals surface area contributed by atoms with Crippen molar-refractivity contribution in [3.63, 3.8) is 0 Å². The Morgan fingerprint density at radius 1 is 1.12 bits per heavy atom. The van der Waals surface area contributed by atoms with Crippen molar-refractivity contribution in [1.82, 2.24) is 25.1 Å². The number of benzene rings is 2. The van der Waals surface area contributed by atoms with Crippen molar-refractivity contribution < 1.29 is 4.74 Å². The van der Waals surface area contributed by atoms with Crippen LogP contribution in [0.25, 0.3) is 11.3 Å². The van der Waals surface area contributed by atoms with E-state index in [1.54, 1.807) is 0 Å². The van der Waals surface area contributed by atoms with Crippen molar-refractivity contribution in [3.05, 3.63) is 78.2 Å². The summed E-state index contributed by atoms with van der Waals surface area (Å²) >= 11 is 0. The summed E-state index contributed by atoms with van der Waals surface area (Å²) in [5.41, 5.74) is 3.46. The molecule has 0 radical (unpaired) electrons. The van der Waals surface area contributed by atoms with E-state index in [2.05, 4.69) is 72.5 Å². The molecular formula is C25H33IN6O. The Balaban J connectivity index is 0.00000306. The molecule has 2 aromatic carbocycles. The zero-order valence-electron chi connectivity index (χ0n) is 19.3. The Bertz CT molecular complexity index is 988. The van der Waals surface area contributed by atoms with Gasteiger partial charge in [-0.15, -0.1) is 24.0 Å². The SMILES string of the molecule is CN=C(NCC(c1ccccc1)N1CCOCC1)N(C)Cc1ncc(-c2ccccc2)[nH]1.I. The van der Waals surface area contributed by atoms with Crippen molar-refractivity contribution in [3.8, 4) is 11.3 Å². The fourth-order valence-electron chi connectivity index (χ4n) is 4.10. The predicted octanol–water partition coefficient (Wildman–Crippen LogP) is 3.78. The molecule has 4 rings (SSSR count). The predicted molar refractivity (Wildman–Crippen MR) is 144 cm³/mol. The van der Waals surface area contributed by atoms with E-state index >= 15 is 0 Å². The smallest absolute Gasteiger partial charge is 0.193 e. The number of halogens is 1. The topological polar surface area (TPSA) is 68.8 Å². The molecule has 1 saturated heterocycles. The summed E-state index contributed by atoms with van der Waals surface area (Å²) < 4.78 is 5.57. The number of rotatable bonds is 7. The lowest BCUT2D eigenvalue weighted by Gasteiger charge is -2.35. The second-order valence-electron chi connectivity index (χ2n) is 7.97. The standard InChI is InChI=1S/C25H32N6O.HI/c1-26-25(30(2)19-24-27-17-22(29-24)20-9-5-3-6-10-20)28-18-23(21-11-7-4-8-12-21)31-13-15-32-16-14-31;/h3-12,17,23H,13-16,18-19H2,1-2H3,(H,26,28)(H,27,29);1H. The van der Waals surface area contributed by atoms with E-state index in [1.165, 1.54) is 5.56 Å². The summed E-state index contributed by atoms with van der Waals surface area (Å²) in [6.45, 7) is 4.84. The lowest BCUT2D eigenvalue weighted by atomic mass is 10.0. The van der Waals surface area contributed by atoms with Gasteiger partial charge in [0.05, 0.1) is 37.7 Å². The van der Waals surface area contributed by atoms with Gasteiger partial charge in [-0.25, -0.2) is 4.98 Å². The molecule has 176 valence electrons. The van der Waals surface area contributed by atoms with Crippen molar-refractivity contribution >= 4 is 29.9 Å². The highest BCUT2D eigenvalue weighted by Crippen LogP contribution is 2.21. The van der Waals surface area contributed by atoms with Gasteiger partial charge in [0.15, 0.2) is 5.96 Å². The molecule has 1 aliphatic rings. The van der Waals surface area contributed by atoms with Crippen LogP contribution in [0.4, 0.5) is 0 Å². The van der Waals surface area contributed by atoms with Gasteiger partial charge in [0.2, 0.25) is 0 Å². The van der Waals surface area contributed by atoms with Gasteiger partial charge in [-0.05, 0) is 11.1 Å². The summed E-state index contributed by atoms with van der Waals surface area (Å²) in [5.74, 6) is 1.75. The van der Waals surface area contributed by atoms with E-state index in [0.717, 1.165) is 55.9 Å². The van der Waals surface area contributed by atoms with E-state index in [9.17, 15) is 0 Å². The van der Waals surface area contributed by atoms with E-state index in [0.29, 0.717) is 6.54 Å².